The maximum absolute atomic E-state index is 14.8. The largest absolute Gasteiger partial charge is 0.459 e. The van der Waals surface area contributed by atoms with Crippen LogP contribution in [0.25, 0.3) is 16.7 Å². The van der Waals surface area contributed by atoms with Gasteiger partial charge in [0.2, 0.25) is 0 Å². The number of ether oxygens (including phenoxy) is 1. The van der Waals surface area contributed by atoms with Gasteiger partial charge in [0.25, 0.3) is 0 Å². The number of rotatable bonds is 3. The molecule has 3 heterocycles. The lowest BCUT2D eigenvalue weighted by Crippen LogP contribution is -2.19. The van der Waals surface area contributed by atoms with Crippen molar-refractivity contribution in [2.75, 3.05) is 5.73 Å². The van der Waals surface area contributed by atoms with Crippen LogP contribution in [0, 0.1) is 5.82 Å². The van der Waals surface area contributed by atoms with Crippen molar-refractivity contribution in [3.05, 3.63) is 82.3 Å². The van der Waals surface area contributed by atoms with Gasteiger partial charge >= 0.3 is 0 Å². The van der Waals surface area contributed by atoms with Crippen molar-refractivity contribution in [3.63, 3.8) is 0 Å². The normalized spacial score (nSPS) is 14.5. The third-order valence-corrected chi connectivity index (χ3v) is 5.78. The molecule has 1 unspecified atom stereocenters. The van der Waals surface area contributed by atoms with Gasteiger partial charge in [0.05, 0.1) is 12.4 Å². The van der Waals surface area contributed by atoms with E-state index in [0.717, 1.165) is 21.4 Å². The van der Waals surface area contributed by atoms with Gasteiger partial charge in [-0.1, -0.05) is 34.1 Å². The summed E-state index contributed by atoms with van der Waals surface area (Å²) in [6.07, 6.45) is 3.61. The predicted molar refractivity (Wildman–Crippen MR) is 116 cm³/mol. The lowest BCUT2D eigenvalue weighted by atomic mass is 9.92. The van der Waals surface area contributed by atoms with Crippen molar-refractivity contribution in [1.82, 2.24) is 19.5 Å². The molecular weight excluding hydrogens is 449 g/mol. The third-order valence-electron chi connectivity index (χ3n) is 5.29. The summed E-state index contributed by atoms with van der Waals surface area (Å²) in [6, 6.07) is 12.3. The highest BCUT2D eigenvalue weighted by Crippen LogP contribution is 2.41. The van der Waals surface area contributed by atoms with Crippen LogP contribution in [0.2, 0.25) is 0 Å². The summed E-state index contributed by atoms with van der Waals surface area (Å²) in [4.78, 5) is 12.7. The van der Waals surface area contributed by atoms with Crippen molar-refractivity contribution in [2.24, 2.45) is 0 Å². The van der Waals surface area contributed by atoms with Crippen LogP contribution in [0.3, 0.4) is 0 Å². The predicted octanol–water partition coefficient (Wildman–Crippen LogP) is 4.92. The van der Waals surface area contributed by atoms with Crippen LogP contribution in [0.15, 0.2) is 65.4 Å². The second-order valence-electron chi connectivity index (χ2n) is 7.11. The summed E-state index contributed by atoms with van der Waals surface area (Å²) in [5, 5.41) is 0. The van der Waals surface area contributed by atoms with Crippen molar-refractivity contribution >= 4 is 38.5 Å². The number of nitrogens with two attached hydrogens (primary N) is 1. The van der Waals surface area contributed by atoms with E-state index in [1.54, 1.807) is 18.5 Å². The highest BCUT2D eigenvalue weighted by Gasteiger charge is 2.28. The Morgan fingerprint density at radius 1 is 1.17 bits per heavy atom. The van der Waals surface area contributed by atoms with E-state index in [0.29, 0.717) is 34.7 Å². The van der Waals surface area contributed by atoms with E-state index in [1.807, 2.05) is 35.8 Å². The number of benzene rings is 2. The second-order valence-corrected chi connectivity index (χ2v) is 8.03. The molecule has 0 saturated carbocycles. The Bertz CT molecular complexity index is 1320. The first kappa shape index (κ1) is 18.7. The Morgan fingerprint density at radius 3 is 2.83 bits per heavy atom. The molecule has 0 radical (unpaired) electrons. The van der Waals surface area contributed by atoms with Gasteiger partial charge < -0.3 is 15.0 Å². The highest BCUT2D eigenvalue weighted by molar-refractivity contribution is 9.10. The Morgan fingerprint density at radius 2 is 2.00 bits per heavy atom. The molecule has 0 saturated heterocycles. The molecular formula is C22H17BrFN5O. The summed E-state index contributed by atoms with van der Waals surface area (Å²) in [7, 11) is 0. The number of hydrogen-bond acceptors (Lipinski definition) is 5. The highest BCUT2D eigenvalue weighted by atomic mass is 79.9. The first-order valence-electron chi connectivity index (χ1n) is 9.40. The van der Waals surface area contributed by atoms with Crippen LogP contribution < -0.4 is 10.5 Å². The smallest absolute Gasteiger partial charge is 0.166 e. The molecule has 1 aliphatic rings. The minimum Gasteiger partial charge on any atom is -0.459 e. The average Bonchev–Trinajstić information content (AvgIpc) is 3.18. The number of imidazole rings is 1. The molecule has 6 nitrogen and oxygen atoms in total. The van der Waals surface area contributed by atoms with Crippen molar-refractivity contribution in [3.8, 4) is 5.75 Å². The maximum Gasteiger partial charge on any atom is 0.166 e. The standard InChI is InChI=1S/C22H17BrFN5O/c1-12(29-11-28-19-21(25)26-10-27-22(19)29)20-16(15-4-2-3-5-17(15)24)9-13-8-14(23)6-7-18(13)30-20/h2-8,10-12H,9H2,1H3,(H2,25,26,27). The van der Waals surface area contributed by atoms with Crippen LogP contribution in [0.5, 0.6) is 5.75 Å². The molecule has 5 rings (SSSR count). The minimum atomic E-state index is -0.296. The molecule has 1 atom stereocenters. The van der Waals surface area contributed by atoms with Gasteiger partial charge in [0, 0.05) is 27.6 Å². The molecule has 0 spiro atoms. The van der Waals surface area contributed by atoms with E-state index in [4.69, 9.17) is 10.5 Å². The fourth-order valence-electron chi connectivity index (χ4n) is 3.79. The number of nitrogens with zero attached hydrogens (tertiary/aromatic N) is 4. The second kappa shape index (κ2) is 7.21. The fraction of sp³-hybridized carbons (Fsp3) is 0.136. The van der Waals surface area contributed by atoms with Gasteiger partial charge in [0.15, 0.2) is 11.5 Å². The number of anilines is 1. The van der Waals surface area contributed by atoms with Gasteiger partial charge in [0.1, 0.15) is 29.2 Å². The average molecular weight is 466 g/mol. The Labute approximate surface area is 180 Å². The number of halogens is 2. The number of fused-ring (bicyclic) bond motifs is 2. The molecule has 0 aliphatic carbocycles. The molecule has 0 amide bonds. The third kappa shape index (κ3) is 3.04. The molecule has 0 bridgehead atoms. The summed E-state index contributed by atoms with van der Waals surface area (Å²) in [5.74, 6) is 1.42. The molecule has 0 fully saturated rings. The minimum absolute atomic E-state index is 0.290. The maximum atomic E-state index is 14.8. The SMILES string of the molecule is CC(C1=C(c2ccccc2F)Cc2cc(Br)ccc2O1)n1cnc2c(N)ncnc21. The number of hydrogen-bond donors (Lipinski definition) is 1. The lowest BCUT2D eigenvalue weighted by Gasteiger charge is -2.28. The van der Waals surface area contributed by atoms with E-state index in [-0.39, 0.29) is 11.9 Å². The molecule has 4 aromatic rings. The molecule has 1 aliphatic heterocycles. The molecule has 2 N–H and O–H groups in total. The quantitative estimate of drug-likeness (QED) is 0.464. The summed E-state index contributed by atoms with van der Waals surface area (Å²) < 4.78 is 23.9. The first-order chi connectivity index (χ1) is 14.5. The Hall–Kier alpha value is -3.26. The van der Waals surface area contributed by atoms with E-state index >= 15 is 0 Å². The van der Waals surface area contributed by atoms with Gasteiger partial charge in [-0.15, -0.1) is 0 Å². The van der Waals surface area contributed by atoms with Gasteiger partial charge in [-0.05, 0) is 31.2 Å². The fourth-order valence-corrected chi connectivity index (χ4v) is 4.20. The van der Waals surface area contributed by atoms with E-state index in [9.17, 15) is 4.39 Å². The number of nitrogen functional groups attached to an aromatic ring is 1. The number of allylic oxidation sites excluding steroid dienone is 2. The molecule has 2 aromatic carbocycles. The molecule has 150 valence electrons. The van der Waals surface area contributed by atoms with Crippen LogP contribution >= 0.6 is 15.9 Å². The summed E-state index contributed by atoms with van der Waals surface area (Å²) in [6.45, 7) is 1.97. The monoisotopic (exact) mass is 465 g/mol. The zero-order valence-electron chi connectivity index (χ0n) is 16.0. The Kier molecular flexibility index (Phi) is 4.51. The summed E-state index contributed by atoms with van der Waals surface area (Å²) in [5.41, 5.74) is 9.35. The Balaban J connectivity index is 1.69. The van der Waals surface area contributed by atoms with Crippen LogP contribution in [0.4, 0.5) is 10.2 Å². The van der Waals surface area contributed by atoms with Gasteiger partial charge in [-0.3, -0.25) is 0 Å². The van der Waals surface area contributed by atoms with Gasteiger partial charge in [-0.25, -0.2) is 19.3 Å². The topological polar surface area (TPSA) is 78.9 Å². The zero-order chi connectivity index (χ0) is 20.8. The van der Waals surface area contributed by atoms with Crippen LogP contribution in [0.1, 0.15) is 24.1 Å². The van der Waals surface area contributed by atoms with E-state index in [2.05, 4.69) is 30.9 Å². The van der Waals surface area contributed by atoms with E-state index < -0.39 is 0 Å². The first-order valence-corrected chi connectivity index (χ1v) is 10.2. The zero-order valence-corrected chi connectivity index (χ0v) is 17.6. The van der Waals surface area contributed by atoms with Crippen molar-refractivity contribution in [1.29, 1.82) is 0 Å². The van der Waals surface area contributed by atoms with Gasteiger partial charge in [-0.2, -0.15) is 0 Å². The van der Waals surface area contributed by atoms with Crippen molar-refractivity contribution in [2.45, 2.75) is 19.4 Å². The van der Waals surface area contributed by atoms with Crippen LogP contribution in [-0.4, -0.2) is 19.5 Å². The van der Waals surface area contributed by atoms with Crippen LogP contribution in [-0.2, 0) is 6.42 Å². The molecule has 2 aromatic heterocycles. The molecule has 8 heteroatoms. The number of aromatic nitrogens is 4. The summed E-state index contributed by atoms with van der Waals surface area (Å²) >= 11 is 3.51. The molecule has 30 heavy (non-hydrogen) atoms. The van der Waals surface area contributed by atoms with E-state index in [1.165, 1.54) is 12.4 Å². The lowest BCUT2D eigenvalue weighted by molar-refractivity contribution is 0.349. The van der Waals surface area contributed by atoms with Crippen molar-refractivity contribution < 1.29 is 9.13 Å².